The van der Waals surface area contributed by atoms with Crippen LogP contribution in [0.25, 0.3) is 11.0 Å². The van der Waals surface area contributed by atoms with E-state index >= 15 is 0 Å². The second-order valence-electron chi connectivity index (χ2n) is 7.19. The molecule has 0 spiro atoms. The Balaban J connectivity index is 1.73. The number of benzene rings is 3. The molecule has 0 fully saturated rings. The van der Waals surface area contributed by atoms with Crippen LogP contribution in [0.2, 0.25) is 0 Å². The van der Waals surface area contributed by atoms with E-state index in [0.29, 0.717) is 22.4 Å². The largest absolute Gasteiger partial charge is 0.493 e. The predicted molar refractivity (Wildman–Crippen MR) is 126 cm³/mol. The molecule has 0 saturated carbocycles. The molecular formula is C24H20FN3O6S. The smallest absolute Gasteiger partial charge is 0.276 e. The van der Waals surface area contributed by atoms with E-state index in [0.717, 1.165) is 0 Å². The summed E-state index contributed by atoms with van der Waals surface area (Å²) >= 11 is 0. The maximum Gasteiger partial charge on any atom is 0.276 e. The van der Waals surface area contributed by atoms with Gasteiger partial charge in [-0.2, -0.15) is 13.2 Å². The van der Waals surface area contributed by atoms with Gasteiger partial charge in [-0.05, 0) is 48.5 Å². The minimum Gasteiger partial charge on any atom is -0.493 e. The number of carbonyl (C=O) groups is 1. The first-order valence-electron chi connectivity index (χ1n) is 10.2. The van der Waals surface area contributed by atoms with E-state index in [1.165, 1.54) is 62.8 Å². The van der Waals surface area contributed by atoms with Crippen molar-refractivity contribution in [3.05, 3.63) is 89.7 Å². The van der Waals surface area contributed by atoms with E-state index < -0.39 is 21.7 Å². The van der Waals surface area contributed by atoms with E-state index in [-0.39, 0.29) is 21.8 Å². The first kappa shape index (κ1) is 23.8. The van der Waals surface area contributed by atoms with Crippen LogP contribution in [0, 0.1) is 5.82 Å². The van der Waals surface area contributed by atoms with Crippen molar-refractivity contribution in [2.24, 2.45) is 5.10 Å². The van der Waals surface area contributed by atoms with Crippen LogP contribution in [-0.2, 0) is 10.0 Å². The molecule has 0 atom stereocenters. The number of carbonyl (C=O) groups excluding carboxylic acids is 1. The lowest BCUT2D eigenvalue weighted by Gasteiger charge is -2.10. The first-order chi connectivity index (χ1) is 16.8. The second-order valence-corrected chi connectivity index (χ2v) is 8.85. The third kappa shape index (κ3) is 5.25. The second kappa shape index (κ2) is 9.85. The lowest BCUT2D eigenvalue weighted by molar-refractivity contribution is 0.102. The fourth-order valence-corrected chi connectivity index (χ4v) is 4.00. The molecule has 0 radical (unpaired) electrons. The number of halogens is 1. The highest BCUT2D eigenvalue weighted by atomic mass is 32.2. The van der Waals surface area contributed by atoms with Gasteiger partial charge in [-0.15, -0.1) is 5.10 Å². The zero-order valence-corrected chi connectivity index (χ0v) is 19.4. The third-order valence-corrected chi connectivity index (χ3v) is 6.14. The van der Waals surface area contributed by atoms with Gasteiger partial charge in [0, 0.05) is 17.1 Å². The Morgan fingerprint density at radius 2 is 1.66 bits per heavy atom. The summed E-state index contributed by atoms with van der Waals surface area (Å²) in [7, 11) is -1.35. The topological polar surface area (TPSA) is 119 Å². The quantitative estimate of drug-likeness (QED) is 0.377. The zero-order valence-electron chi connectivity index (χ0n) is 18.6. The Morgan fingerprint density at radius 1 is 0.943 bits per heavy atom. The number of ether oxygens (including phenoxy) is 2. The molecule has 3 aromatic carbocycles. The number of hydrogen-bond donors (Lipinski definition) is 2. The maximum atomic E-state index is 13.2. The lowest BCUT2D eigenvalue weighted by atomic mass is 10.1. The van der Waals surface area contributed by atoms with Crippen LogP contribution < -0.4 is 25.2 Å². The number of anilines is 1. The van der Waals surface area contributed by atoms with Gasteiger partial charge in [0.25, 0.3) is 15.9 Å². The molecule has 35 heavy (non-hydrogen) atoms. The van der Waals surface area contributed by atoms with Crippen molar-refractivity contribution < 1.29 is 31.5 Å². The molecule has 180 valence electrons. The number of methoxy groups -OCH3 is 2. The van der Waals surface area contributed by atoms with Gasteiger partial charge in [0.15, 0.2) is 11.5 Å². The normalized spacial score (nSPS) is 11.8. The fourth-order valence-electron chi connectivity index (χ4n) is 3.18. The predicted octanol–water partition coefficient (Wildman–Crippen LogP) is 3.64. The van der Waals surface area contributed by atoms with E-state index in [1.807, 2.05) is 0 Å². The number of hydrogen-bond acceptors (Lipinski definition) is 7. The van der Waals surface area contributed by atoms with Crippen molar-refractivity contribution in [3.63, 3.8) is 0 Å². The number of fused-ring (bicyclic) bond motifs is 1. The average molecular weight is 498 g/mol. The van der Waals surface area contributed by atoms with Crippen molar-refractivity contribution in [2.75, 3.05) is 19.5 Å². The van der Waals surface area contributed by atoms with Gasteiger partial charge in [0.05, 0.1) is 19.1 Å². The van der Waals surface area contributed by atoms with Gasteiger partial charge in [-0.25, -0.2) is 4.39 Å². The Labute approximate surface area is 199 Å². The van der Waals surface area contributed by atoms with E-state index in [4.69, 9.17) is 13.9 Å². The number of amides is 1. The van der Waals surface area contributed by atoms with Gasteiger partial charge >= 0.3 is 0 Å². The van der Waals surface area contributed by atoms with Crippen molar-refractivity contribution in [2.45, 2.75) is 4.90 Å². The van der Waals surface area contributed by atoms with Gasteiger partial charge in [0.1, 0.15) is 17.0 Å². The fraction of sp³-hybridized carbons (Fsp3) is 0.0833. The van der Waals surface area contributed by atoms with Gasteiger partial charge in [-0.1, -0.05) is 18.2 Å². The minimum absolute atomic E-state index is 0.0389. The number of sulfonamides is 1. The number of para-hydroxylation sites is 1. The van der Waals surface area contributed by atoms with E-state index in [2.05, 4.69) is 15.2 Å². The van der Waals surface area contributed by atoms with Crippen LogP contribution in [0.15, 0.2) is 87.2 Å². The SMILES string of the molecule is COc1ccc(S(=O)(=O)N/N=c2\oc3ccccc3cc2C(=O)Nc2ccc(F)cc2)cc1OC. The van der Waals surface area contributed by atoms with Gasteiger partial charge < -0.3 is 19.2 Å². The monoisotopic (exact) mass is 497 g/mol. The summed E-state index contributed by atoms with van der Waals surface area (Å²) < 4.78 is 54.9. The van der Waals surface area contributed by atoms with Crippen molar-refractivity contribution in [1.29, 1.82) is 0 Å². The molecule has 1 amide bonds. The minimum atomic E-state index is -4.16. The molecule has 0 saturated heterocycles. The molecule has 11 heteroatoms. The number of nitrogens with one attached hydrogen (secondary N) is 2. The Bertz CT molecular complexity index is 1570. The highest BCUT2D eigenvalue weighted by Crippen LogP contribution is 2.29. The highest BCUT2D eigenvalue weighted by molar-refractivity contribution is 7.89. The van der Waals surface area contributed by atoms with Crippen LogP contribution in [0.3, 0.4) is 0 Å². The Hall–Kier alpha value is -4.38. The van der Waals surface area contributed by atoms with Crippen LogP contribution in [-0.4, -0.2) is 28.5 Å². The molecule has 9 nitrogen and oxygen atoms in total. The number of rotatable bonds is 7. The van der Waals surface area contributed by atoms with E-state index in [1.54, 1.807) is 24.3 Å². The Morgan fingerprint density at radius 3 is 2.37 bits per heavy atom. The molecule has 0 bridgehead atoms. The van der Waals surface area contributed by atoms with Crippen LogP contribution in [0.1, 0.15) is 10.4 Å². The van der Waals surface area contributed by atoms with Crippen molar-refractivity contribution in [1.82, 2.24) is 4.83 Å². The lowest BCUT2D eigenvalue weighted by Crippen LogP contribution is -2.27. The Kier molecular flexibility index (Phi) is 6.69. The standard InChI is InChI=1S/C24H20FN3O6S/c1-32-21-12-11-18(14-22(21)33-2)35(30,31)28-27-24-19(13-15-5-3-4-6-20(15)34-24)23(29)26-17-9-7-16(25)8-10-17/h3-14,28H,1-2H3,(H,26,29)/b27-24-. The first-order valence-corrected chi connectivity index (χ1v) is 11.7. The molecule has 0 aliphatic carbocycles. The molecule has 0 aliphatic heterocycles. The molecule has 2 N–H and O–H groups in total. The van der Waals surface area contributed by atoms with Crippen LogP contribution in [0.4, 0.5) is 10.1 Å². The summed E-state index contributed by atoms with van der Waals surface area (Å²) in [5.74, 6) is -0.517. The molecule has 4 aromatic rings. The van der Waals surface area contributed by atoms with E-state index in [9.17, 15) is 17.6 Å². The summed E-state index contributed by atoms with van der Waals surface area (Å²) in [6.45, 7) is 0. The van der Waals surface area contributed by atoms with Crippen molar-refractivity contribution in [3.8, 4) is 11.5 Å². The van der Waals surface area contributed by atoms with Gasteiger partial charge in [0.2, 0.25) is 5.55 Å². The third-order valence-electron chi connectivity index (χ3n) is 4.94. The molecule has 1 heterocycles. The molecule has 0 unspecified atom stereocenters. The highest BCUT2D eigenvalue weighted by Gasteiger charge is 2.18. The van der Waals surface area contributed by atoms with Crippen LogP contribution in [0.5, 0.6) is 11.5 Å². The molecular weight excluding hydrogens is 477 g/mol. The summed E-state index contributed by atoms with van der Waals surface area (Å²) in [5.41, 5.74) is 0.409. The van der Waals surface area contributed by atoms with Crippen molar-refractivity contribution >= 4 is 32.6 Å². The summed E-state index contributed by atoms with van der Waals surface area (Å²) in [4.78, 5) is 14.9. The number of nitrogens with zero attached hydrogens (tertiary/aromatic N) is 1. The summed E-state index contributed by atoms with van der Waals surface area (Å²) in [6.07, 6.45) is 0. The molecule has 4 rings (SSSR count). The average Bonchev–Trinajstić information content (AvgIpc) is 2.87. The van der Waals surface area contributed by atoms with Crippen LogP contribution >= 0.6 is 0 Å². The molecule has 0 aliphatic rings. The zero-order chi connectivity index (χ0) is 25.0. The molecule has 1 aromatic heterocycles. The van der Waals surface area contributed by atoms with Gasteiger partial charge in [-0.3, -0.25) is 4.79 Å². The maximum absolute atomic E-state index is 13.2. The summed E-state index contributed by atoms with van der Waals surface area (Å²) in [6, 6.07) is 17.6. The summed E-state index contributed by atoms with van der Waals surface area (Å²) in [5, 5.41) is 7.09.